The second kappa shape index (κ2) is 6.81. The molecule has 2 rings (SSSR count). The lowest BCUT2D eigenvalue weighted by atomic mass is 10.1. The monoisotopic (exact) mass is 282 g/mol. The van der Waals surface area contributed by atoms with Crippen LogP contribution in [0.4, 0.5) is 0 Å². The Labute approximate surface area is 118 Å². The van der Waals surface area contributed by atoms with E-state index in [1.165, 1.54) is 7.11 Å². The van der Waals surface area contributed by atoms with Gasteiger partial charge in [0.1, 0.15) is 0 Å². The van der Waals surface area contributed by atoms with Crippen molar-refractivity contribution in [2.75, 3.05) is 20.3 Å². The van der Waals surface area contributed by atoms with E-state index in [9.17, 15) is 4.79 Å². The molecule has 1 aliphatic rings. The van der Waals surface area contributed by atoms with Crippen molar-refractivity contribution >= 4 is 5.97 Å². The van der Waals surface area contributed by atoms with Crippen molar-refractivity contribution < 1.29 is 14.3 Å². The first-order chi connectivity index (χ1) is 9.63. The third-order valence-electron chi connectivity index (χ3n) is 3.30. The summed E-state index contributed by atoms with van der Waals surface area (Å²) in [6.45, 7) is 6.04. The smallest absolute Gasteiger partial charge is 0.360 e. The Bertz CT molecular complexity index is 452. The van der Waals surface area contributed by atoms with E-state index in [2.05, 4.69) is 15.6 Å². The molecule has 7 nitrogen and oxygen atoms in total. The zero-order chi connectivity index (χ0) is 14.5. The third-order valence-corrected chi connectivity index (χ3v) is 3.30. The van der Waals surface area contributed by atoms with Crippen LogP contribution in [-0.2, 0) is 16.0 Å². The molecule has 1 atom stereocenters. The van der Waals surface area contributed by atoms with Crippen molar-refractivity contribution in [3.8, 4) is 0 Å². The molecular weight excluding hydrogens is 260 g/mol. The Morgan fingerprint density at radius 1 is 1.55 bits per heavy atom. The van der Waals surface area contributed by atoms with Crippen molar-refractivity contribution in [1.29, 1.82) is 0 Å². The van der Waals surface area contributed by atoms with Crippen LogP contribution in [0, 0.1) is 0 Å². The maximum absolute atomic E-state index is 11.8. The first-order valence-electron chi connectivity index (χ1n) is 7.00. The van der Waals surface area contributed by atoms with E-state index in [-0.39, 0.29) is 12.1 Å². The van der Waals surface area contributed by atoms with Gasteiger partial charge in [-0.1, -0.05) is 5.21 Å². The summed E-state index contributed by atoms with van der Waals surface area (Å²) in [7, 11) is 1.36. The second-order valence-electron chi connectivity index (χ2n) is 5.11. The molecule has 112 valence electrons. The normalized spacial score (nSPS) is 18.7. The molecule has 7 heteroatoms. The minimum atomic E-state index is -0.440. The van der Waals surface area contributed by atoms with Gasteiger partial charge in [-0.3, -0.25) is 0 Å². The molecule has 1 unspecified atom stereocenters. The Morgan fingerprint density at radius 3 is 2.95 bits per heavy atom. The number of esters is 1. The van der Waals surface area contributed by atoms with E-state index in [1.807, 2.05) is 13.8 Å². The number of methoxy groups -OCH3 is 1. The standard InChI is InChI=1S/C13H22N4O3/c1-9(2)20-8-7-17-12(10-5-4-6-14-10)11(15-16-17)13(18)19-3/h9-10,14H,4-8H2,1-3H3. The van der Waals surface area contributed by atoms with Gasteiger partial charge in [0, 0.05) is 0 Å². The lowest BCUT2D eigenvalue weighted by Gasteiger charge is -2.14. The number of aromatic nitrogens is 3. The van der Waals surface area contributed by atoms with Crippen LogP contribution in [0.2, 0.25) is 0 Å². The minimum absolute atomic E-state index is 0.109. The van der Waals surface area contributed by atoms with Gasteiger partial charge in [0.15, 0.2) is 5.69 Å². The average Bonchev–Trinajstić information content (AvgIpc) is 3.05. The highest BCUT2D eigenvalue weighted by molar-refractivity contribution is 5.88. The van der Waals surface area contributed by atoms with E-state index < -0.39 is 5.97 Å². The van der Waals surface area contributed by atoms with Crippen molar-refractivity contribution in [2.45, 2.75) is 45.4 Å². The molecule has 20 heavy (non-hydrogen) atoms. The van der Waals surface area contributed by atoms with Gasteiger partial charge in [-0.05, 0) is 33.2 Å². The lowest BCUT2D eigenvalue weighted by Crippen LogP contribution is -2.22. The highest BCUT2D eigenvalue weighted by atomic mass is 16.5. The molecule has 0 spiro atoms. The highest BCUT2D eigenvalue weighted by Crippen LogP contribution is 2.25. The first-order valence-corrected chi connectivity index (χ1v) is 7.00. The fraction of sp³-hybridized carbons (Fsp3) is 0.769. The van der Waals surface area contributed by atoms with Crippen molar-refractivity contribution in [3.63, 3.8) is 0 Å². The Morgan fingerprint density at radius 2 is 2.35 bits per heavy atom. The summed E-state index contributed by atoms with van der Waals surface area (Å²) in [5.41, 5.74) is 1.11. The predicted molar refractivity (Wildman–Crippen MR) is 72.4 cm³/mol. The number of hydrogen-bond donors (Lipinski definition) is 1. The highest BCUT2D eigenvalue weighted by Gasteiger charge is 2.29. The molecule has 0 aliphatic carbocycles. The summed E-state index contributed by atoms with van der Waals surface area (Å²) in [5, 5.41) is 11.4. The molecule has 1 aromatic rings. The number of nitrogens with one attached hydrogen (secondary N) is 1. The van der Waals surface area contributed by atoms with Gasteiger partial charge in [-0.25, -0.2) is 9.48 Å². The molecule has 0 saturated carbocycles. The number of hydrogen-bond acceptors (Lipinski definition) is 6. The molecule has 1 aliphatic heterocycles. The van der Waals surface area contributed by atoms with Crippen LogP contribution in [0.3, 0.4) is 0 Å². The van der Waals surface area contributed by atoms with Gasteiger partial charge in [-0.2, -0.15) is 0 Å². The SMILES string of the molecule is COC(=O)c1nnn(CCOC(C)C)c1C1CCCN1. The maximum atomic E-state index is 11.8. The summed E-state index contributed by atoms with van der Waals surface area (Å²) in [5.74, 6) is -0.440. The summed E-state index contributed by atoms with van der Waals surface area (Å²) >= 11 is 0. The third kappa shape index (κ3) is 3.34. The molecular formula is C13H22N4O3. The number of nitrogens with zero attached hydrogens (tertiary/aromatic N) is 3. The van der Waals surface area contributed by atoms with Crippen molar-refractivity contribution in [1.82, 2.24) is 20.3 Å². The second-order valence-corrected chi connectivity index (χ2v) is 5.11. The summed E-state index contributed by atoms with van der Waals surface area (Å²) < 4.78 is 12.1. The average molecular weight is 282 g/mol. The Hall–Kier alpha value is -1.47. The van der Waals surface area contributed by atoms with E-state index in [4.69, 9.17) is 9.47 Å². The van der Waals surface area contributed by atoms with Crippen LogP contribution in [0.25, 0.3) is 0 Å². The van der Waals surface area contributed by atoms with E-state index >= 15 is 0 Å². The molecule has 0 radical (unpaired) electrons. The van der Waals surface area contributed by atoms with Crippen LogP contribution >= 0.6 is 0 Å². The fourth-order valence-corrected chi connectivity index (χ4v) is 2.37. The van der Waals surface area contributed by atoms with Crippen molar-refractivity contribution in [3.05, 3.63) is 11.4 Å². The molecule has 1 saturated heterocycles. The fourth-order valence-electron chi connectivity index (χ4n) is 2.37. The van der Waals surface area contributed by atoms with Gasteiger partial charge in [0.25, 0.3) is 0 Å². The molecule has 0 amide bonds. The zero-order valence-electron chi connectivity index (χ0n) is 12.3. The van der Waals surface area contributed by atoms with Gasteiger partial charge in [0.2, 0.25) is 0 Å². The maximum Gasteiger partial charge on any atom is 0.360 e. The summed E-state index contributed by atoms with van der Waals surface area (Å²) in [6, 6.07) is 0.109. The van der Waals surface area contributed by atoms with Crippen LogP contribution in [0.15, 0.2) is 0 Å². The van der Waals surface area contributed by atoms with E-state index in [0.717, 1.165) is 25.1 Å². The van der Waals surface area contributed by atoms with Gasteiger partial charge < -0.3 is 14.8 Å². The van der Waals surface area contributed by atoms with Crippen molar-refractivity contribution in [2.24, 2.45) is 0 Å². The van der Waals surface area contributed by atoms with Gasteiger partial charge in [-0.15, -0.1) is 5.10 Å². The topological polar surface area (TPSA) is 78.3 Å². The van der Waals surface area contributed by atoms with Crippen LogP contribution in [-0.4, -0.2) is 47.3 Å². The van der Waals surface area contributed by atoms with Gasteiger partial charge in [0.05, 0.1) is 38.1 Å². The Kier molecular flexibility index (Phi) is 5.08. The quantitative estimate of drug-likeness (QED) is 0.782. The van der Waals surface area contributed by atoms with E-state index in [1.54, 1.807) is 4.68 Å². The molecule has 1 fully saturated rings. The summed E-state index contributed by atoms with van der Waals surface area (Å²) in [6.07, 6.45) is 2.23. The predicted octanol–water partition coefficient (Wildman–Crippen LogP) is 0.914. The van der Waals surface area contributed by atoms with Gasteiger partial charge >= 0.3 is 5.97 Å². The molecule has 0 aromatic carbocycles. The molecule has 0 bridgehead atoms. The molecule has 1 aromatic heterocycles. The zero-order valence-corrected chi connectivity index (χ0v) is 12.3. The van der Waals surface area contributed by atoms with Crippen LogP contribution in [0.5, 0.6) is 0 Å². The van der Waals surface area contributed by atoms with E-state index in [0.29, 0.717) is 18.8 Å². The number of carbonyl (C=O) groups is 1. The minimum Gasteiger partial charge on any atom is -0.464 e. The molecule has 1 N–H and O–H groups in total. The number of carbonyl (C=O) groups excluding carboxylic acids is 1. The number of rotatable bonds is 6. The molecule has 2 heterocycles. The number of ether oxygens (including phenoxy) is 2. The van der Waals surface area contributed by atoms with Crippen LogP contribution < -0.4 is 5.32 Å². The summed E-state index contributed by atoms with van der Waals surface area (Å²) in [4.78, 5) is 11.8. The van der Waals surface area contributed by atoms with Crippen LogP contribution in [0.1, 0.15) is 48.9 Å². The largest absolute Gasteiger partial charge is 0.464 e. The lowest BCUT2D eigenvalue weighted by molar-refractivity contribution is 0.0590. The Balaban J connectivity index is 2.17. The first kappa shape index (κ1) is 14.9.